The quantitative estimate of drug-likeness (QED) is 0.731. The van der Waals surface area contributed by atoms with Crippen molar-refractivity contribution in [1.29, 1.82) is 0 Å². The number of amides is 1. The third-order valence-electron chi connectivity index (χ3n) is 3.88. The van der Waals surface area contributed by atoms with Crippen LogP contribution in [0.25, 0.3) is 0 Å². The summed E-state index contributed by atoms with van der Waals surface area (Å²) in [6.45, 7) is 5.25. The van der Waals surface area contributed by atoms with E-state index in [0.29, 0.717) is 25.2 Å². The highest BCUT2D eigenvalue weighted by atomic mass is 32.2. The first-order chi connectivity index (χ1) is 12.5. The minimum Gasteiger partial charge on any atom is -0.348 e. The summed E-state index contributed by atoms with van der Waals surface area (Å²) in [4.78, 5) is 16.4. The lowest BCUT2D eigenvalue weighted by Crippen LogP contribution is -2.32. The van der Waals surface area contributed by atoms with Crippen LogP contribution in [-0.4, -0.2) is 36.7 Å². The Balaban J connectivity index is 2.07. The molecule has 0 saturated heterocycles. The molecule has 0 aliphatic carbocycles. The third-order valence-corrected chi connectivity index (χ3v) is 5.79. The Morgan fingerprint density at radius 3 is 2.27 bits per heavy atom. The maximum Gasteiger partial charge on any atom is 0.251 e. The summed E-state index contributed by atoms with van der Waals surface area (Å²) in [6, 6.07) is 9.75. The molecule has 1 amide bonds. The van der Waals surface area contributed by atoms with Crippen LogP contribution < -0.4 is 5.32 Å². The number of hydrogen-bond acceptors (Lipinski definition) is 4. The van der Waals surface area contributed by atoms with Crippen LogP contribution in [0.4, 0.5) is 0 Å². The van der Waals surface area contributed by atoms with Gasteiger partial charge in [0.1, 0.15) is 0 Å². The Morgan fingerprint density at radius 1 is 1.08 bits per heavy atom. The normalized spacial score (nSPS) is 11.5. The number of carbonyl (C=O) groups is 1. The maximum absolute atomic E-state index is 12.7. The molecule has 1 heterocycles. The van der Waals surface area contributed by atoms with Crippen LogP contribution in [0.2, 0.25) is 0 Å². The molecular weight excluding hydrogens is 350 g/mol. The van der Waals surface area contributed by atoms with Crippen molar-refractivity contribution >= 4 is 15.9 Å². The van der Waals surface area contributed by atoms with E-state index in [1.165, 1.54) is 16.4 Å². The number of sulfonamides is 1. The molecular formula is C19H25N3O3S. The van der Waals surface area contributed by atoms with Crippen LogP contribution in [0.1, 0.15) is 42.6 Å². The van der Waals surface area contributed by atoms with Crippen molar-refractivity contribution in [1.82, 2.24) is 14.6 Å². The maximum atomic E-state index is 12.7. The highest BCUT2D eigenvalue weighted by Crippen LogP contribution is 2.17. The van der Waals surface area contributed by atoms with Gasteiger partial charge in [0.05, 0.1) is 4.90 Å². The highest BCUT2D eigenvalue weighted by molar-refractivity contribution is 7.89. The Hall–Kier alpha value is -2.25. The summed E-state index contributed by atoms with van der Waals surface area (Å²) < 4.78 is 26.9. The molecule has 1 aromatic heterocycles. The Bertz CT molecular complexity index is 800. The topological polar surface area (TPSA) is 79.4 Å². The largest absolute Gasteiger partial charge is 0.348 e. The average molecular weight is 375 g/mol. The van der Waals surface area contributed by atoms with Gasteiger partial charge in [0.15, 0.2) is 0 Å². The van der Waals surface area contributed by atoms with Gasteiger partial charge in [-0.15, -0.1) is 0 Å². The van der Waals surface area contributed by atoms with Crippen LogP contribution in [0.15, 0.2) is 53.7 Å². The molecule has 2 rings (SSSR count). The molecule has 2 aromatic rings. The van der Waals surface area contributed by atoms with E-state index in [1.807, 2.05) is 19.9 Å². The van der Waals surface area contributed by atoms with E-state index in [9.17, 15) is 13.2 Å². The Labute approximate surface area is 155 Å². The fourth-order valence-corrected chi connectivity index (χ4v) is 4.19. The number of nitrogens with one attached hydrogen (secondary N) is 1. The molecule has 0 spiro atoms. The standard InChI is InChI=1S/C19H25N3O3S/c1-3-12-22(13-4-2)26(24,25)18-9-7-17(8-10-18)19(23)21-15-16-6-5-11-20-14-16/h5-11,14H,3-4,12-13,15H2,1-2H3,(H,21,23). The second-order valence-corrected chi connectivity index (χ2v) is 7.91. The average Bonchev–Trinajstić information content (AvgIpc) is 2.67. The molecule has 7 heteroatoms. The van der Waals surface area contributed by atoms with E-state index in [0.717, 1.165) is 18.4 Å². The monoisotopic (exact) mass is 375 g/mol. The van der Waals surface area contributed by atoms with Crippen LogP contribution in [0, 0.1) is 0 Å². The van der Waals surface area contributed by atoms with E-state index in [2.05, 4.69) is 10.3 Å². The third kappa shape index (κ3) is 5.12. The second-order valence-electron chi connectivity index (χ2n) is 5.97. The number of rotatable bonds is 9. The van der Waals surface area contributed by atoms with Gasteiger partial charge in [0.25, 0.3) is 5.91 Å². The molecule has 140 valence electrons. The summed E-state index contributed by atoms with van der Waals surface area (Å²) in [5.74, 6) is -0.253. The molecule has 0 bridgehead atoms. The Kier molecular flexibility index (Phi) is 7.29. The first kappa shape index (κ1) is 20.1. The van der Waals surface area contributed by atoms with Gasteiger partial charge < -0.3 is 5.32 Å². The summed E-state index contributed by atoms with van der Waals surface area (Å²) in [5, 5.41) is 2.80. The molecule has 26 heavy (non-hydrogen) atoms. The van der Waals surface area contributed by atoms with E-state index < -0.39 is 10.0 Å². The number of aromatic nitrogens is 1. The van der Waals surface area contributed by atoms with Crippen molar-refractivity contribution in [3.63, 3.8) is 0 Å². The van der Waals surface area contributed by atoms with Crippen LogP contribution in [0.3, 0.4) is 0 Å². The molecule has 0 aliphatic rings. The lowest BCUT2D eigenvalue weighted by atomic mass is 10.2. The Morgan fingerprint density at radius 2 is 1.73 bits per heavy atom. The van der Waals surface area contributed by atoms with E-state index in [4.69, 9.17) is 0 Å². The predicted molar refractivity (Wildman–Crippen MR) is 101 cm³/mol. The van der Waals surface area contributed by atoms with E-state index >= 15 is 0 Å². The smallest absolute Gasteiger partial charge is 0.251 e. The number of benzene rings is 1. The van der Waals surface area contributed by atoms with Gasteiger partial charge in [-0.3, -0.25) is 9.78 Å². The van der Waals surface area contributed by atoms with Gasteiger partial charge in [0, 0.05) is 37.6 Å². The first-order valence-electron chi connectivity index (χ1n) is 8.76. The predicted octanol–water partition coefficient (Wildman–Crippen LogP) is 2.82. The van der Waals surface area contributed by atoms with Gasteiger partial charge in [-0.25, -0.2) is 8.42 Å². The molecule has 1 aromatic carbocycles. The minimum atomic E-state index is -3.53. The zero-order chi connectivity index (χ0) is 19.0. The second kappa shape index (κ2) is 9.45. The molecule has 0 unspecified atom stereocenters. The summed E-state index contributed by atoms with van der Waals surface area (Å²) in [6.07, 6.45) is 4.87. The van der Waals surface area contributed by atoms with Gasteiger partial charge in [0.2, 0.25) is 10.0 Å². The fourth-order valence-electron chi connectivity index (χ4n) is 2.57. The molecule has 0 atom stereocenters. The van der Waals surface area contributed by atoms with Crippen molar-refractivity contribution in [2.24, 2.45) is 0 Å². The summed E-state index contributed by atoms with van der Waals surface area (Å²) >= 11 is 0. The number of hydrogen-bond donors (Lipinski definition) is 1. The lowest BCUT2D eigenvalue weighted by Gasteiger charge is -2.21. The van der Waals surface area contributed by atoms with Gasteiger partial charge >= 0.3 is 0 Å². The SMILES string of the molecule is CCCN(CCC)S(=O)(=O)c1ccc(C(=O)NCc2cccnc2)cc1. The summed E-state index contributed by atoms with van der Waals surface area (Å²) in [7, 11) is -3.53. The van der Waals surface area contributed by atoms with Crippen LogP contribution in [-0.2, 0) is 16.6 Å². The van der Waals surface area contributed by atoms with E-state index in [1.54, 1.807) is 30.6 Å². The van der Waals surface area contributed by atoms with Crippen LogP contribution in [0.5, 0.6) is 0 Å². The number of carbonyl (C=O) groups excluding carboxylic acids is 1. The molecule has 0 saturated carbocycles. The highest BCUT2D eigenvalue weighted by Gasteiger charge is 2.23. The number of nitrogens with zero attached hydrogens (tertiary/aromatic N) is 2. The van der Waals surface area contributed by atoms with Crippen molar-refractivity contribution in [2.75, 3.05) is 13.1 Å². The van der Waals surface area contributed by atoms with Crippen molar-refractivity contribution < 1.29 is 13.2 Å². The van der Waals surface area contributed by atoms with Crippen molar-refractivity contribution in [3.8, 4) is 0 Å². The van der Waals surface area contributed by atoms with E-state index in [-0.39, 0.29) is 10.8 Å². The first-order valence-corrected chi connectivity index (χ1v) is 10.2. The molecule has 0 radical (unpaired) electrons. The molecule has 0 fully saturated rings. The fraction of sp³-hybridized carbons (Fsp3) is 0.368. The minimum absolute atomic E-state index is 0.211. The molecule has 6 nitrogen and oxygen atoms in total. The van der Waals surface area contributed by atoms with Crippen molar-refractivity contribution in [2.45, 2.75) is 38.1 Å². The number of pyridine rings is 1. The van der Waals surface area contributed by atoms with Crippen LogP contribution >= 0.6 is 0 Å². The van der Waals surface area contributed by atoms with Gasteiger partial charge in [-0.1, -0.05) is 19.9 Å². The zero-order valence-electron chi connectivity index (χ0n) is 15.2. The molecule has 1 N–H and O–H groups in total. The summed E-state index contributed by atoms with van der Waals surface area (Å²) in [5.41, 5.74) is 1.32. The lowest BCUT2D eigenvalue weighted by molar-refractivity contribution is 0.0951. The zero-order valence-corrected chi connectivity index (χ0v) is 16.0. The molecule has 0 aliphatic heterocycles. The van der Waals surface area contributed by atoms with Gasteiger partial charge in [-0.2, -0.15) is 4.31 Å². The van der Waals surface area contributed by atoms with Gasteiger partial charge in [-0.05, 0) is 48.7 Å². The van der Waals surface area contributed by atoms with Crippen molar-refractivity contribution in [3.05, 3.63) is 59.9 Å².